The summed E-state index contributed by atoms with van der Waals surface area (Å²) in [7, 11) is 0. The normalized spacial score (nSPS) is 22.5. The molecule has 0 spiro atoms. The topological polar surface area (TPSA) is 81.6 Å². The predicted molar refractivity (Wildman–Crippen MR) is 128 cm³/mol. The molecule has 3 atom stereocenters. The smallest absolute Gasteiger partial charge is 0.321 e. The predicted octanol–water partition coefficient (Wildman–Crippen LogP) is 3.88. The Hall–Kier alpha value is -3.43. The zero-order valence-electron chi connectivity index (χ0n) is 19.1. The summed E-state index contributed by atoms with van der Waals surface area (Å²) in [4.78, 5) is 25.1. The Balaban J connectivity index is 1.35. The van der Waals surface area contributed by atoms with Crippen LogP contribution in [0.25, 0.3) is 11.1 Å². The van der Waals surface area contributed by atoms with E-state index >= 15 is 0 Å². The molecule has 0 unspecified atom stereocenters. The number of aliphatic hydroxyl groups is 1. The lowest BCUT2D eigenvalue weighted by molar-refractivity contribution is -0.0585. The molecule has 2 fully saturated rings. The number of carbonyl (C=O) groups is 1. The highest BCUT2D eigenvalue weighted by Crippen LogP contribution is 2.42. The van der Waals surface area contributed by atoms with Crippen molar-refractivity contribution in [1.29, 1.82) is 0 Å². The summed E-state index contributed by atoms with van der Waals surface area (Å²) in [6.07, 6.45) is 6.68. The Bertz CT molecular complexity index is 1180. The number of fused-ring (bicyclic) bond motifs is 1. The summed E-state index contributed by atoms with van der Waals surface area (Å²) in [6.45, 7) is 1.82. The van der Waals surface area contributed by atoms with Gasteiger partial charge in [-0.3, -0.25) is 4.90 Å². The molecule has 2 saturated heterocycles. The zero-order valence-corrected chi connectivity index (χ0v) is 19.1. The number of hydrogen-bond acceptors (Lipinski definition) is 5. The van der Waals surface area contributed by atoms with Gasteiger partial charge >= 0.3 is 6.03 Å². The van der Waals surface area contributed by atoms with E-state index in [1.807, 2.05) is 12.1 Å². The molecule has 35 heavy (non-hydrogen) atoms. The van der Waals surface area contributed by atoms with Crippen molar-refractivity contribution in [3.8, 4) is 11.1 Å². The largest absolute Gasteiger partial charge is 0.395 e. The number of urea groups is 1. The molecular formula is C26H27F2N5O2. The van der Waals surface area contributed by atoms with Crippen LogP contribution in [0.1, 0.15) is 24.3 Å². The number of hydrogen-bond donors (Lipinski definition) is 2. The van der Waals surface area contributed by atoms with Gasteiger partial charge in [-0.15, -0.1) is 0 Å². The van der Waals surface area contributed by atoms with Crippen molar-refractivity contribution in [3.63, 3.8) is 0 Å². The van der Waals surface area contributed by atoms with Crippen molar-refractivity contribution in [2.75, 3.05) is 31.6 Å². The van der Waals surface area contributed by atoms with Crippen molar-refractivity contribution in [3.05, 3.63) is 78.4 Å². The van der Waals surface area contributed by atoms with E-state index in [9.17, 15) is 18.7 Å². The summed E-state index contributed by atoms with van der Waals surface area (Å²) < 4.78 is 27.7. The van der Waals surface area contributed by atoms with Crippen LogP contribution in [0.2, 0.25) is 0 Å². The lowest BCUT2D eigenvalue weighted by Gasteiger charge is -2.57. The van der Waals surface area contributed by atoms with Crippen LogP contribution in [0.15, 0.2) is 61.2 Å². The Morgan fingerprint density at radius 1 is 1.03 bits per heavy atom. The minimum atomic E-state index is -0.681. The number of halogens is 2. The van der Waals surface area contributed by atoms with Gasteiger partial charge in [0.15, 0.2) is 0 Å². The van der Waals surface area contributed by atoms with E-state index in [1.165, 1.54) is 6.33 Å². The van der Waals surface area contributed by atoms with Crippen LogP contribution in [-0.4, -0.2) is 69.2 Å². The lowest BCUT2D eigenvalue weighted by Crippen LogP contribution is -2.68. The summed E-state index contributed by atoms with van der Waals surface area (Å²) >= 11 is 0. The maximum atomic E-state index is 14.1. The standard InChI is InChI=1S/C26H27F2N5O2/c27-20-7-8-21(28)22(11-20)31-26(35)32-9-1-2-10-33-23(14-32)25(24(33)15-34)18-5-3-17(4-6-18)19-12-29-16-30-13-19/h3-8,11-13,16,23-25,34H,1-2,9-10,14-15H2,(H,31,35)/t23-,24-,25-/m1/s1. The van der Waals surface area contributed by atoms with E-state index in [-0.39, 0.29) is 30.3 Å². The first-order valence-electron chi connectivity index (χ1n) is 11.8. The van der Waals surface area contributed by atoms with Gasteiger partial charge in [0.05, 0.1) is 12.3 Å². The van der Waals surface area contributed by atoms with Gasteiger partial charge in [-0.05, 0) is 42.6 Å². The fraction of sp³-hybridized carbons (Fsp3) is 0.346. The van der Waals surface area contributed by atoms with Crippen LogP contribution < -0.4 is 5.32 Å². The molecule has 2 aliphatic rings. The van der Waals surface area contributed by atoms with Gasteiger partial charge in [0.2, 0.25) is 0 Å². The highest BCUT2D eigenvalue weighted by Gasteiger charge is 2.49. The van der Waals surface area contributed by atoms with Gasteiger partial charge in [0, 0.05) is 55.1 Å². The number of benzene rings is 2. The van der Waals surface area contributed by atoms with Gasteiger partial charge in [0.25, 0.3) is 0 Å². The molecule has 3 heterocycles. The maximum Gasteiger partial charge on any atom is 0.321 e. The van der Waals surface area contributed by atoms with E-state index in [2.05, 4.69) is 32.3 Å². The Morgan fingerprint density at radius 3 is 2.51 bits per heavy atom. The van der Waals surface area contributed by atoms with Crippen molar-refractivity contribution < 1.29 is 18.7 Å². The molecule has 0 aliphatic carbocycles. The Labute approximate surface area is 202 Å². The highest BCUT2D eigenvalue weighted by atomic mass is 19.1. The third-order valence-electron chi connectivity index (χ3n) is 7.02. The molecule has 2 aliphatic heterocycles. The summed E-state index contributed by atoms with van der Waals surface area (Å²) in [5.41, 5.74) is 2.84. The average Bonchev–Trinajstić information content (AvgIpc) is 2.86. The molecular weight excluding hydrogens is 452 g/mol. The van der Waals surface area contributed by atoms with Crippen LogP contribution in [0.3, 0.4) is 0 Å². The third-order valence-corrected chi connectivity index (χ3v) is 7.02. The SMILES string of the molecule is O=C(Nc1cc(F)ccc1F)N1CCCCN2[C@H](CO)[C@H](c3ccc(-c4cncnc4)cc3)[C@H]2C1. The lowest BCUT2D eigenvalue weighted by atomic mass is 9.74. The molecule has 2 N–H and O–H groups in total. The van der Waals surface area contributed by atoms with Crippen LogP contribution in [0, 0.1) is 11.6 Å². The number of amides is 2. The number of anilines is 1. The van der Waals surface area contributed by atoms with Crippen molar-refractivity contribution >= 4 is 11.7 Å². The van der Waals surface area contributed by atoms with E-state index in [1.54, 1.807) is 17.3 Å². The van der Waals surface area contributed by atoms with Gasteiger partial charge < -0.3 is 15.3 Å². The van der Waals surface area contributed by atoms with Gasteiger partial charge in [-0.1, -0.05) is 24.3 Å². The van der Waals surface area contributed by atoms with Crippen molar-refractivity contribution in [2.24, 2.45) is 0 Å². The Morgan fingerprint density at radius 2 is 1.77 bits per heavy atom. The fourth-order valence-corrected chi connectivity index (χ4v) is 5.26. The summed E-state index contributed by atoms with van der Waals surface area (Å²) in [5, 5.41) is 12.7. The zero-order chi connectivity index (χ0) is 24.4. The molecule has 2 amide bonds. The maximum absolute atomic E-state index is 14.1. The first-order chi connectivity index (χ1) is 17.0. The van der Waals surface area contributed by atoms with Gasteiger partial charge in [-0.2, -0.15) is 0 Å². The van der Waals surface area contributed by atoms with Crippen LogP contribution >= 0.6 is 0 Å². The Kier molecular flexibility index (Phi) is 6.70. The van der Waals surface area contributed by atoms with E-state index in [4.69, 9.17) is 0 Å². The second-order valence-corrected chi connectivity index (χ2v) is 9.04. The molecule has 182 valence electrons. The second-order valence-electron chi connectivity index (χ2n) is 9.04. The third kappa shape index (κ3) is 4.74. The number of aromatic nitrogens is 2. The van der Waals surface area contributed by atoms with Crippen LogP contribution in [0.4, 0.5) is 19.3 Å². The molecule has 1 aromatic heterocycles. The van der Waals surface area contributed by atoms with Crippen LogP contribution in [0.5, 0.6) is 0 Å². The number of aliphatic hydroxyl groups excluding tert-OH is 1. The van der Waals surface area contributed by atoms with E-state index < -0.39 is 17.7 Å². The minimum Gasteiger partial charge on any atom is -0.395 e. The number of carbonyl (C=O) groups excluding carboxylic acids is 1. The molecule has 2 aromatic carbocycles. The summed E-state index contributed by atoms with van der Waals surface area (Å²) in [6, 6.07) is 10.7. The van der Waals surface area contributed by atoms with E-state index in [0.29, 0.717) is 13.1 Å². The van der Waals surface area contributed by atoms with Crippen molar-refractivity contribution in [2.45, 2.75) is 30.8 Å². The second kappa shape index (κ2) is 10.1. The van der Waals surface area contributed by atoms with Gasteiger partial charge in [0.1, 0.15) is 18.0 Å². The first kappa shape index (κ1) is 23.3. The first-order valence-corrected chi connectivity index (χ1v) is 11.8. The summed E-state index contributed by atoms with van der Waals surface area (Å²) in [5.74, 6) is -1.25. The quantitative estimate of drug-likeness (QED) is 0.594. The molecule has 0 bridgehead atoms. The monoisotopic (exact) mass is 479 g/mol. The molecule has 5 rings (SSSR count). The van der Waals surface area contributed by atoms with Crippen LogP contribution in [-0.2, 0) is 0 Å². The average molecular weight is 480 g/mol. The van der Waals surface area contributed by atoms with Crippen molar-refractivity contribution in [1.82, 2.24) is 19.8 Å². The number of rotatable bonds is 4. The molecule has 9 heteroatoms. The molecule has 0 saturated carbocycles. The fourth-order valence-electron chi connectivity index (χ4n) is 5.26. The molecule has 0 radical (unpaired) electrons. The highest BCUT2D eigenvalue weighted by molar-refractivity contribution is 5.89. The minimum absolute atomic E-state index is 0.0152. The number of nitrogens with one attached hydrogen (secondary N) is 1. The van der Waals surface area contributed by atoms with Gasteiger partial charge in [-0.25, -0.2) is 23.5 Å². The molecule has 3 aromatic rings. The number of nitrogens with zero attached hydrogens (tertiary/aromatic N) is 4. The molecule has 7 nitrogen and oxygen atoms in total. The van der Waals surface area contributed by atoms with E-state index in [0.717, 1.165) is 54.3 Å².